The van der Waals surface area contributed by atoms with Crippen molar-refractivity contribution in [3.05, 3.63) is 29.8 Å². The van der Waals surface area contributed by atoms with Gasteiger partial charge < -0.3 is 16.2 Å². The molecule has 0 bridgehead atoms. The number of rotatable bonds is 3. The highest BCUT2D eigenvalue weighted by Gasteiger charge is 2.10. The number of aliphatic hydroxyl groups excluding tert-OH is 1. The van der Waals surface area contributed by atoms with Crippen molar-refractivity contribution >= 4 is 5.69 Å². The molecule has 0 aromatic heterocycles. The van der Waals surface area contributed by atoms with Crippen LogP contribution in [0.3, 0.4) is 0 Å². The van der Waals surface area contributed by atoms with Crippen LogP contribution in [-0.2, 0) is 0 Å². The fraction of sp³-hybridized carbons (Fsp3) is 0.400. The Bertz CT molecular complexity index is 256. The maximum absolute atomic E-state index is 9.26. The van der Waals surface area contributed by atoms with E-state index in [4.69, 9.17) is 5.73 Å². The van der Waals surface area contributed by atoms with E-state index < -0.39 is 6.10 Å². The molecule has 0 radical (unpaired) electrons. The summed E-state index contributed by atoms with van der Waals surface area (Å²) in [5.41, 5.74) is 7.75. The maximum atomic E-state index is 9.26. The highest BCUT2D eigenvalue weighted by atomic mass is 16.3. The number of nitrogens with two attached hydrogens (primary N) is 1. The molecule has 1 aromatic rings. The first-order valence-electron chi connectivity index (χ1n) is 4.36. The van der Waals surface area contributed by atoms with Crippen LogP contribution in [0.15, 0.2) is 24.3 Å². The summed E-state index contributed by atoms with van der Waals surface area (Å²) in [7, 11) is 1.86. The highest BCUT2D eigenvalue weighted by Crippen LogP contribution is 2.16. The smallest absolute Gasteiger partial charge is 0.0704 e. The largest absolute Gasteiger partial charge is 0.391 e. The lowest BCUT2D eigenvalue weighted by molar-refractivity contribution is 0.164. The summed E-state index contributed by atoms with van der Waals surface area (Å²) in [6, 6.07) is 7.42. The first kappa shape index (κ1) is 10.0. The minimum atomic E-state index is -0.513. The van der Waals surface area contributed by atoms with Crippen molar-refractivity contribution in [2.24, 2.45) is 5.73 Å². The van der Waals surface area contributed by atoms with E-state index in [1.165, 1.54) is 0 Å². The van der Waals surface area contributed by atoms with Gasteiger partial charge in [-0.3, -0.25) is 0 Å². The Morgan fingerprint density at radius 3 is 2.23 bits per heavy atom. The molecule has 1 aromatic carbocycles. The fourth-order valence-corrected chi connectivity index (χ4v) is 1.15. The molecule has 0 spiro atoms. The van der Waals surface area contributed by atoms with E-state index in [1.807, 2.05) is 31.3 Å². The SMILES string of the molecule is CNc1ccc([C@@H](N)[C@H](C)O)cc1. The van der Waals surface area contributed by atoms with Gasteiger partial charge in [-0.1, -0.05) is 12.1 Å². The van der Waals surface area contributed by atoms with Gasteiger partial charge in [0.2, 0.25) is 0 Å². The molecular weight excluding hydrogens is 164 g/mol. The van der Waals surface area contributed by atoms with Crippen molar-refractivity contribution in [1.29, 1.82) is 0 Å². The summed E-state index contributed by atoms with van der Waals surface area (Å²) in [5.74, 6) is 0. The quantitative estimate of drug-likeness (QED) is 0.653. The molecule has 0 heterocycles. The monoisotopic (exact) mass is 180 g/mol. The second-order valence-corrected chi connectivity index (χ2v) is 3.14. The Morgan fingerprint density at radius 2 is 1.85 bits per heavy atom. The molecule has 0 unspecified atom stereocenters. The molecule has 3 heteroatoms. The predicted molar refractivity (Wildman–Crippen MR) is 54.6 cm³/mol. The number of hydrogen-bond acceptors (Lipinski definition) is 3. The van der Waals surface area contributed by atoms with Gasteiger partial charge in [-0.25, -0.2) is 0 Å². The molecule has 0 saturated carbocycles. The molecule has 1 rings (SSSR count). The van der Waals surface area contributed by atoms with Gasteiger partial charge in [0, 0.05) is 12.7 Å². The van der Waals surface area contributed by atoms with Gasteiger partial charge in [0.25, 0.3) is 0 Å². The fourth-order valence-electron chi connectivity index (χ4n) is 1.15. The average molecular weight is 180 g/mol. The second-order valence-electron chi connectivity index (χ2n) is 3.14. The topological polar surface area (TPSA) is 58.3 Å². The van der Waals surface area contributed by atoms with E-state index in [1.54, 1.807) is 6.92 Å². The molecule has 2 atom stereocenters. The lowest BCUT2D eigenvalue weighted by Crippen LogP contribution is -2.22. The van der Waals surface area contributed by atoms with Gasteiger partial charge in [0.15, 0.2) is 0 Å². The van der Waals surface area contributed by atoms with Crippen LogP contribution >= 0.6 is 0 Å². The Labute approximate surface area is 78.6 Å². The molecule has 72 valence electrons. The summed E-state index contributed by atoms with van der Waals surface area (Å²) in [6.07, 6.45) is -0.513. The third-order valence-corrected chi connectivity index (χ3v) is 2.10. The van der Waals surface area contributed by atoms with Crippen molar-refractivity contribution in [2.45, 2.75) is 19.1 Å². The minimum absolute atomic E-state index is 0.300. The van der Waals surface area contributed by atoms with E-state index in [2.05, 4.69) is 5.32 Å². The molecule has 0 aliphatic rings. The zero-order chi connectivity index (χ0) is 9.84. The van der Waals surface area contributed by atoms with E-state index in [9.17, 15) is 5.11 Å². The van der Waals surface area contributed by atoms with Crippen molar-refractivity contribution in [2.75, 3.05) is 12.4 Å². The number of nitrogens with one attached hydrogen (secondary N) is 1. The molecule has 3 nitrogen and oxygen atoms in total. The van der Waals surface area contributed by atoms with Crippen LogP contribution in [0.5, 0.6) is 0 Å². The van der Waals surface area contributed by atoms with Gasteiger partial charge in [0.05, 0.1) is 12.1 Å². The maximum Gasteiger partial charge on any atom is 0.0704 e. The van der Waals surface area contributed by atoms with Gasteiger partial charge in [-0.05, 0) is 24.6 Å². The molecule has 13 heavy (non-hydrogen) atoms. The summed E-state index contributed by atoms with van der Waals surface area (Å²) in [5, 5.41) is 12.3. The van der Waals surface area contributed by atoms with E-state index in [0.717, 1.165) is 11.3 Å². The van der Waals surface area contributed by atoms with E-state index >= 15 is 0 Å². The van der Waals surface area contributed by atoms with Crippen molar-refractivity contribution in [1.82, 2.24) is 0 Å². The third-order valence-electron chi connectivity index (χ3n) is 2.10. The zero-order valence-corrected chi connectivity index (χ0v) is 7.99. The number of anilines is 1. The Balaban J connectivity index is 2.79. The van der Waals surface area contributed by atoms with Gasteiger partial charge in [-0.15, -0.1) is 0 Å². The normalized spacial score (nSPS) is 15.1. The zero-order valence-electron chi connectivity index (χ0n) is 7.99. The molecular formula is C10H16N2O. The van der Waals surface area contributed by atoms with Gasteiger partial charge >= 0.3 is 0 Å². The second kappa shape index (κ2) is 4.25. The standard InChI is InChI=1S/C10H16N2O/c1-7(13)10(11)8-3-5-9(12-2)6-4-8/h3-7,10,12-13H,11H2,1-2H3/t7-,10-/m0/s1. The summed E-state index contributed by atoms with van der Waals surface area (Å²) in [6.45, 7) is 1.69. The molecule has 0 saturated heterocycles. The van der Waals surface area contributed by atoms with Crippen LogP contribution in [0.4, 0.5) is 5.69 Å². The first-order chi connectivity index (χ1) is 6.15. The molecule has 4 N–H and O–H groups in total. The number of hydrogen-bond donors (Lipinski definition) is 3. The number of aliphatic hydroxyl groups is 1. The van der Waals surface area contributed by atoms with Crippen LogP contribution in [-0.4, -0.2) is 18.3 Å². The van der Waals surface area contributed by atoms with Crippen molar-refractivity contribution in [3.8, 4) is 0 Å². The molecule has 0 fully saturated rings. The Kier molecular flexibility index (Phi) is 3.28. The lowest BCUT2D eigenvalue weighted by atomic mass is 10.0. The molecule has 0 amide bonds. The minimum Gasteiger partial charge on any atom is -0.391 e. The van der Waals surface area contributed by atoms with Crippen LogP contribution in [0.25, 0.3) is 0 Å². The predicted octanol–water partition coefficient (Wildman–Crippen LogP) is 1.11. The van der Waals surface area contributed by atoms with Gasteiger partial charge in [0.1, 0.15) is 0 Å². The lowest BCUT2D eigenvalue weighted by Gasteiger charge is -2.15. The third kappa shape index (κ3) is 2.44. The van der Waals surface area contributed by atoms with Crippen LogP contribution in [0, 0.1) is 0 Å². The number of benzene rings is 1. The molecule has 0 aliphatic carbocycles. The summed E-state index contributed by atoms with van der Waals surface area (Å²) < 4.78 is 0. The Hall–Kier alpha value is -1.06. The summed E-state index contributed by atoms with van der Waals surface area (Å²) >= 11 is 0. The van der Waals surface area contributed by atoms with Crippen LogP contribution in [0.1, 0.15) is 18.5 Å². The van der Waals surface area contributed by atoms with Crippen LogP contribution < -0.4 is 11.1 Å². The summed E-state index contributed by atoms with van der Waals surface area (Å²) in [4.78, 5) is 0. The van der Waals surface area contributed by atoms with Crippen molar-refractivity contribution < 1.29 is 5.11 Å². The average Bonchev–Trinajstić information content (AvgIpc) is 2.17. The highest BCUT2D eigenvalue weighted by molar-refractivity contribution is 5.44. The first-order valence-corrected chi connectivity index (χ1v) is 4.36. The van der Waals surface area contributed by atoms with E-state index in [0.29, 0.717) is 0 Å². The Morgan fingerprint density at radius 1 is 1.31 bits per heavy atom. The van der Waals surface area contributed by atoms with E-state index in [-0.39, 0.29) is 6.04 Å². The van der Waals surface area contributed by atoms with Crippen molar-refractivity contribution in [3.63, 3.8) is 0 Å². The van der Waals surface area contributed by atoms with Gasteiger partial charge in [-0.2, -0.15) is 0 Å². The molecule has 0 aliphatic heterocycles. The van der Waals surface area contributed by atoms with Crippen LogP contribution in [0.2, 0.25) is 0 Å².